The van der Waals surface area contributed by atoms with E-state index >= 15 is 0 Å². The molecule has 190 valence electrons. The van der Waals surface area contributed by atoms with E-state index in [1.54, 1.807) is 37.3 Å². The summed E-state index contributed by atoms with van der Waals surface area (Å²) in [4.78, 5) is 42.2. The van der Waals surface area contributed by atoms with Crippen LogP contribution in [0.3, 0.4) is 0 Å². The summed E-state index contributed by atoms with van der Waals surface area (Å²) in [6.45, 7) is 2.19. The summed E-state index contributed by atoms with van der Waals surface area (Å²) in [5, 5.41) is 0.527. The molecule has 8 nitrogen and oxygen atoms in total. The third-order valence-electron chi connectivity index (χ3n) is 7.15. The minimum atomic E-state index is -0.176. The Labute approximate surface area is 218 Å². The van der Waals surface area contributed by atoms with Gasteiger partial charge in [-0.05, 0) is 60.7 Å². The molecule has 2 aromatic carbocycles. The van der Waals surface area contributed by atoms with Crippen molar-refractivity contribution < 1.29 is 19.1 Å². The zero-order valence-electron chi connectivity index (χ0n) is 20.3. The fraction of sp³-hybridized carbons (Fsp3) is 0.423. The molecule has 10 heteroatoms. The van der Waals surface area contributed by atoms with E-state index in [1.807, 2.05) is 17.0 Å². The van der Waals surface area contributed by atoms with Gasteiger partial charge in [-0.15, -0.1) is 0 Å². The van der Waals surface area contributed by atoms with Crippen LogP contribution in [0.25, 0.3) is 10.2 Å². The number of halogens is 1. The maximum absolute atomic E-state index is 13.3. The molecule has 0 unspecified atom stereocenters. The topological polar surface area (TPSA) is 81.1 Å². The highest BCUT2D eigenvalue weighted by Crippen LogP contribution is 2.34. The first-order chi connectivity index (χ1) is 17.4. The van der Waals surface area contributed by atoms with Gasteiger partial charge in [-0.3, -0.25) is 19.0 Å². The number of piperidine rings is 1. The van der Waals surface area contributed by atoms with Crippen LogP contribution in [-0.2, 0) is 29.1 Å². The summed E-state index contributed by atoms with van der Waals surface area (Å²) >= 11 is 7.21. The van der Waals surface area contributed by atoms with Gasteiger partial charge < -0.3 is 19.3 Å². The number of hydrogen-bond acceptors (Lipinski definition) is 6. The van der Waals surface area contributed by atoms with Gasteiger partial charge in [-0.25, -0.2) is 0 Å². The molecule has 0 saturated carbocycles. The number of fused-ring (bicyclic) bond motifs is 2. The van der Waals surface area contributed by atoms with Gasteiger partial charge in [0.1, 0.15) is 6.54 Å². The zero-order valence-corrected chi connectivity index (χ0v) is 21.9. The molecule has 0 aliphatic carbocycles. The average molecular weight is 530 g/mol. The van der Waals surface area contributed by atoms with Crippen molar-refractivity contribution in [2.45, 2.75) is 32.4 Å². The van der Waals surface area contributed by atoms with E-state index in [2.05, 4.69) is 0 Å². The number of rotatable bonds is 5. The largest absolute Gasteiger partial charge is 0.493 e. The molecule has 2 aliphatic heterocycles. The Bertz CT molecular complexity index is 1380. The van der Waals surface area contributed by atoms with Crippen LogP contribution in [0.1, 0.15) is 24.0 Å². The van der Waals surface area contributed by atoms with E-state index in [1.165, 1.54) is 10.1 Å². The van der Waals surface area contributed by atoms with E-state index in [0.717, 1.165) is 28.0 Å². The predicted octanol–water partition coefficient (Wildman–Crippen LogP) is 3.56. The smallest absolute Gasteiger partial charge is 0.308 e. The molecular weight excluding hydrogens is 502 g/mol. The highest BCUT2D eigenvalue weighted by molar-refractivity contribution is 7.16. The Kier molecular flexibility index (Phi) is 6.94. The van der Waals surface area contributed by atoms with Gasteiger partial charge in [0.05, 0.1) is 24.4 Å². The summed E-state index contributed by atoms with van der Waals surface area (Å²) in [5.41, 5.74) is 2.93. The van der Waals surface area contributed by atoms with Gasteiger partial charge in [0, 0.05) is 37.1 Å². The quantitative estimate of drug-likeness (QED) is 0.505. The highest BCUT2D eigenvalue weighted by atomic mass is 35.5. The summed E-state index contributed by atoms with van der Waals surface area (Å²) in [5.74, 6) is 1.28. The van der Waals surface area contributed by atoms with Crippen LogP contribution in [0, 0.1) is 5.92 Å². The van der Waals surface area contributed by atoms with Crippen molar-refractivity contribution >= 4 is 45.0 Å². The second-order valence-electron chi connectivity index (χ2n) is 9.21. The minimum Gasteiger partial charge on any atom is -0.493 e. The molecule has 1 fully saturated rings. The fourth-order valence-corrected chi connectivity index (χ4v) is 6.16. The standard InChI is InChI=1S/C26H28ClN3O5S/c1-34-21-11-17-7-10-29(14-18(17)12-22(21)35-2)25(32)16-5-8-28(9-6-16)24(31)15-30-20-13-19(27)3-4-23(20)36-26(30)33/h3-4,11-13,16H,5-10,14-15H2,1-2H3. The number of methoxy groups -OCH3 is 2. The normalized spacial score (nSPS) is 16.2. The molecule has 0 bridgehead atoms. The van der Waals surface area contributed by atoms with Crippen molar-refractivity contribution in [3.8, 4) is 11.5 Å². The van der Waals surface area contributed by atoms with E-state index in [4.69, 9.17) is 21.1 Å². The second kappa shape index (κ2) is 10.1. The number of hydrogen-bond donors (Lipinski definition) is 0. The number of carbonyl (C=O) groups excluding carboxylic acids is 2. The lowest BCUT2D eigenvalue weighted by Crippen LogP contribution is -2.46. The Balaban J connectivity index is 1.20. The monoisotopic (exact) mass is 529 g/mol. The van der Waals surface area contributed by atoms with Gasteiger partial charge in [-0.2, -0.15) is 0 Å². The lowest BCUT2D eigenvalue weighted by Gasteiger charge is -2.36. The Morgan fingerprint density at radius 2 is 1.69 bits per heavy atom. The van der Waals surface area contributed by atoms with E-state index < -0.39 is 0 Å². The van der Waals surface area contributed by atoms with Gasteiger partial charge in [0.15, 0.2) is 11.5 Å². The maximum atomic E-state index is 13.3. The van der Waals surface area contributed by atoms with Crippen molar-refractivity contribution in [1.82, 2.24) is 14.4 Å². The van der Waals surface area contributed by atoms with Gasteiger partial charge in [0.25, 0.3) is 0 Å². The van der Waals surface area contributed by atoms with E-state index in [9.17, 15) is 14.4 Å². The summed E-state index contributed by atoms with van der Waals surface area (Å²) in [7, 11) is 3.23. The number of likely N-dealkylation sites (tertiary alicyclic amines) is 1. The van der Waals surface area contributed by atoms with Crippen LogP contribution in [0.2, 0.25) is 5.02 Å². The molecule has 1 saturated heterocycles. The van der Waals surface area contributed by atoms with Crippen LogP contribution in [0.5, 0.6) is 11.5 Å². The Hall–Kier alpha value is -3.04. The van der Waals surface area contributed by atoms with E-state index in [0.29, 0.717) is 61.1 Å². The van der Waals surface area contributed by atoms with Gasteiger partial charge >= 0.3 is 4.87 Å². The maximum Gasteiger partial charge on any atom is 0.308 e. The number of ether oxygens (including phenoxy) is 2. The fourth-order valence-electron chi connectivity index (χ4n) is 5.13. The summed E-state index contributed by atoms with van der Waals surface area (Å²) < 4.78 is 13.1. The first-order valence-electron chi connectivity index (χ1n) is 12.0. The van der Waals surface area contributed by atoms with Crippen LogP contribution >= 0.6 is 22.9 Å². The lowest BCUT2D eigenvalue weighted by atomic mass is 9.92. The molecule has 36 heavy (non-hydrogen) atoms. The molecule has 1 aromatic heterocycles. The van der Waals surface area contributed by atoms with Gasteiger partial charge in [-0.1, -0.05) is 22.9 Å². The molecule has 0 atom stereocenters. The number of aromatic nitrogens is 1. The Morgan fingerprint density at radius 1 is 1.00 bits per heavy atom. The van der Waals surface area contributed by atoms with Crippen molar-refractivity contribution in [3.05, 3.63) is 56.1 Å². The van der Waals surface area contributed by atoms with E-state index in [-0.39, 0.29) is 29.1 Å². The first kappa shape index (κ1) is 24.6. The van der Waals surface area contributed by atoms with Crippen molar-refractivity contribution in [2.24, 2.45) is 5.92 Å². The lowest BCUT2D eigenvalue weighted by molar-refractivity contribution is -0.141. The average Bonchev–Trinajstić information content (AvgIpc) is 3.20. The number of thiazole rings is 1. The third kappa shape index (κ3) is 4.69. The minimum absolute atomic E-state index is 0.0218. The number of benzene rings is 2. The SMILES string of the molecule is COc1cc2c(cc1OC)CN(C(=O)C1CCN(C(=O)Cn3c(=O)sc4ccc(Cl)cc43)CC1)CC2. The van der Waals surface area contributed by atoms with Crippen molar-refractivity contribution in [3.63, 3.8) is 0 Å². The molecule has 2 aliphatic rings. The van der Waals surface area contributed by atoms with Crippen molar-refractivity contribution in [2.75, 3.05) is 33.9 Å². The molecule has 3 aromatic rings. The van der Waals surface area contributed by atoms with Crippen LogP contribution in [-0.4, -0.2) is 60.0 Å². The van der Waals surface area contributed by atoms with Gasteiger partial charge in [0.2, 0.25) is 11.8 Å². The summed E-state index contributed by atoms with van der Waals surface area (Å²) in [6.07, 6.45) is 2.00. The molecule has 3 heterocycles. The molecule has 0 N–H and O–H groups in total. The molecule has 5 rings (SSSR count). The van der Waals surface area contributed by atoms with Crippen LogP contribution < -0.4 is 14.3 Å². The second-order valence-corrected chi connectivity index (χ2v) is 10.6. The molecular formula is C26H28ClN3O5S. The zero-order chi connectivity index (χ0) is 25.4. The molecule has 0 spiro atoms. The summed E-state index contributed by atoms with van der Waals surface area (Å²) in [6, 6.07) is 9.21. The van der Waals surface area contributed by atoms with Crippen LogP contribution in [0.15, 0.2) is 35.1 Å². The highest BCUT2D eigenvalue weighted by Gasteiger charge is 2.32. The number of amides is 2. The first-order valence-corrected chi connectivity index (χ1v) is 13.2. The predicted molar refractivity (Wildman–Crippen MR) is 139 cm³/mol. The van der Waals surface area contributed by atoms with Crippen molar-refractivity contribution in [1.29, 1.82) is 0 Å². The molecule has 2 amide bonds. The third-order valence-corrected chi connectivity index (χ3v) is 8.34. The van der Waals surface area contributed by atoms with Crippen LogP contribution in [0.4, 0.5) is 0 Å². The molecule has 0 radical (unpaired) electrons. The number of nitrogens with zero attached hydrogens (tertiary/aromatic N) is 3. The number of carbonyl (C=O) groups is 2. The Morgan fingerprint density at radius 3 is 2.39 bits per heavy atom.